The molecule has 0 radical (unpaired) electrons. The van der Waals surface area contributed by atoms with Gasteiger partial charge in [-0.1, -0.05) is 12.1 Å². The highest BCUT2D eigenvalue weighted by Crippen LogP contribution is 2.35. The van der Waals surface area contributed by atoms with E-state index in [4.69, 9.17) is 0 Å². The highest BCUT2D eigenvalue weighted by Gasteiger charge is 2.36. The lowest BCUT2D eigenvalue weighted by atomic mass is 10.1. The van der Waals surface area contributed by atoms with Crippen molar-refractivity contribution >= 4 is 17.4 Å². The van der Waals surface area contributed by atoms with Gasteiger partial charge >= 0.3 is 6.18 Å². The quantitative estimate of drug-likeness (QED) is 0.808. The van der Waals surface area contributed by atoms with Gasteiger partial charge in [-0.2, -0.15) is 13.2 Å². The van der Waals surface area contributed by atoms with Gasteiger partial charge in [0, 0.05) is 30.5 Å². The number of rotatable bonds is 3. The normalized spacial score (nSPS) is 14.7. The molecule has 1 amide bonds. The van der Waals surface area contributed by atoms with Gasteiger partial charge in [-0.3, -0.25) is 4.79 Å². The molecule has 0 spiro atoms. The standard InChI is InChI=1S/C19H17F4N3O/c1-12-4-5-14(11-16(12)20)25-18(27)13-6-9-26(10-7-13)17-15(19(21,22)23)3-2-8-24-17/h2-6,8,11H,7,9-10H2,1H3,(H,25,27). The van der Waals surface area contributed by atoms with Gasteiger partial charge in [0.05, 0.1) is 5.56 Å². The summed E-state index contributed by atoms with van der Waals surface area (Å²) in [4.78, 5) is 17.7. The van der Waals surface area contributed by atoms with E-state index in [0.717, 1.165) is 6.07 Å². The molecule has 0 aliphatic carbocycles. The minimum absolute atomic E-state index is 0.130. The number of nitrogens with zero attached hydrogens (tertiary/aromatic N) is 2. The van der Waals surface area contributed by atoms with Crippen LogP contribution in [0.1, 0.15) is 17.5 Å². The molecule has 0 unspecified atom stereocenters. The molecule has 1 aromatic carbocycles. The lowest BCUT2D eigenvalue weighted by Gasteiger charge is -2.29. The molecule has 1 aliphatic heterocycles. The number of aryl methyl sites for hydroxylation is 1. The topological polar surface area (TPSA) is 45.2 Å². The van der Waals surface area contributed by atoms with Gasteiger partial charge in [-0.05, 0) is 43.2 Å². The molecular weight excluding hydrogens is 362 g/mol. The zero-order valence-electron chi connectivity index (χ0n) is 14.5. The molecule has 0 saturated carbocycles. The van der Waals surface area contributed by atoms with Gasteiger partial charge in [0.15, 0.2) is 0 Å². The van der Waals surface area contributed by atoms with Gasteiger partial charge < -0.3 is 10.2 Å². The summed E-state index contributed by atoms with van der Waals surface area (Å²) in [6.07, 6.45) is -1.37. The summed E-state index contributed by atoms with van der Waals surface area (Å²) in [6.45, 7) is 1.97. The van der Waals surface area contributed by atoms with Crippen LogP contribution >= 0.6 is 0 Å². The number of hydrogen-bond acceptors (Lipinski definition) is 3. The molecule has 0 atom stereocenters. The Morgan fingerprint density at radius 3 is 2.67 bits per heavy atom. The zero-order chi connectivity index (χ0) is 19.6. The first-order chi connectivity index (χ1) is 12.8. The molecule has 1 aromatic heterocycles. The molecular formula is C19H17F4N3O. The van der Waals surface area contributed by atoms with E-state index < -0.39 is 23.5 Å². The van der Waals surface area contributed by atoms with Crippen LogP contribution in [0.2, 0.25) is 0 Å². The number of amides is 1. The second-order valence-electron chi connectivity index (χ2n) is 6.22. The minimum Gasteiger partial charge on any atom is -0.352 e. The van der Waals surface area contributed by atoms with Crippen LogP contribution in [-0.4, -0.2) is 24.0 Å². The van der Waals surface area contributed by atoms with Gasteiger partial charge in [0.2, 0.25) is 0 Å². The van der Waals surface area contributed by atoms with Crippen LogP contribution < -0.4 is 10.2 Å². The van der Waals surface area contributed by atoms with Gasteiger partial charge in [0.25, 0.3) is 5.91 Å². The van der Waals surface area contributed by atoms with Crippen LogP contribution in [0.15, 0.2) is 48.2 Å². The van der Waals surface area contributed by atoms with E-state index in [0.29, 0.717) is 16.8 Å². The Morgan fingerprint density at radius 1 is 1.26 bits per heavy atom. The van der Waals surface area contributed by atoms with E-state index >= 15 is 0 Å². The van der Waals surface area contributed by atoms with Crippen LogP contribution in [0.4, 0.5) is 29.1 Å². The third kappa shape index (κ3) is 4.27. The fraction of sp³-hybridized carbons (Fsp3) is 0.263. The van der Waals surface area contributed by atoms with Crippen LogP contribution in [0.5, 0.6) is 0 Å². The maximum Gasteiger partial charge on any atom is 0.419 e. The first-order valence-electron chi connectivity index (χ1n) is 8.29. The number of halogens is 4. The Labute approximate surface area is 153 Å². The average molecular weight is 379 g/mol. The maximum atomic E-state index is 13.6. The van der Waals surface area contributed by atoms with Gasteiger partial charge in [-0.25, -0.2) is 9.37 Å². The van der Waals surface area contributed by atoms with Crippen LogP contribution in [0.3, 0.4) is 0 Å². The van der Waals surface area contributed by atoms with E-state index in [1.165, 1.54) is 23.2 Å². The van der Waals surface area contributed by atoms with Crippen molar-refractivity contribution in [2.75, 3.05) is 23.3 Å². The number of alkyl halides is 3. The molecule has 2 heterocycles. The van der Waals surface area contributed by atoms with Crippen LogP contribution in [0, 0.1) is 12.7 Å². The maximum absolute atomic E-state index is 13.6. The molecule has 0 bridgehead atoms. The molecule has 4 nitrogen and oxygen atoms in total. The van der Waals surface area contributed by atoms with E-state index in [1.54, 1.807) is 25.1 Å². The molecule has 0 fully saturated rings. The number of carbonyl (C=O) groups excluding carboxylic acids is 1. The lowest BCUT2D eigenvalue weighted by molar-refractivity contribution is -0.137. The Balaban J connectivity index is 1.72. The lowest BCUT2D eigenvalue weighted by Crippen LogP contribution is -2.33. The van der Waals surface area contributed by atoms with E-state index in [9.17, 15) is 22.4 Å². The van der Waals surface area contributed by atoms with Crippen molar-refractivity contribution in [2.24, 2.45) is 0 Å². The fourth-order valence-corrected chi connectivity index (χ4v) is 2.82. The van der Waals surface area contributed by atoms with E-state index in [1.807, 2.05) is 0 Å². The second kappa shape index (κ2) is 7.38. The van der Waals surface area contributed by atoms with Crippen molar-refractivity contribution in [3.8, 4) is 0 Å². The van der Waals surface area contributed by atoms with E-state index in [-0.39, 0.29) is 25.3 Å². The highest BCUT2D eigenvalue weighted by atomic mass is 19.4. The molecule has 1 N–H and O–H groups in total. The third-order valence-electron chi connectivity index (χ3n) is 4.32. The predicted molar refractivity (Wildman–Crippen MR) is 93.9 cm³/mol. The van der Waals surface area contributed by atoms with Crippen molar-refractivity contribution in [2.45, 2.75) is 19.5 Å². The van der Waals surface area contributed by atoms with Gasteiger partial charge in [-0.15, -0.1) is 0 Å². The molecule has 2 aromatic rings. The number of hydrogen-bond donors (Lipinski definition) is 1. The Kier molecular flexibility index (Phi) is 5.16. The Bertz CT molecular complexity index is 893. The minimum atomic E-state index is -4.50. The monoisotopic (exact) mass is 379 g/mol. The van der Waals surface area contributed by atoms with Crippen molar-refractivity contribution < 1.29 is 22.4 Å². The molecule has 8 heteroatoms. The number of nitrogens with one attached hydrogen (secondary N) is 1. The molecule has 142 valence electrons. The zero-order valence-corrected chi connectivity index (χ0v) is 14.5. The number of carbonyl (C=O) groups is 1. The Morgan fingerprint density at radius 2 is 2.04 bits per heavy atom. The number of aromatic nitrogens is 1. The first kappa shape index (κ1) is 18.9. The molecule has 27 heavy (non-hydrogen) atoms. The molecule has 0 saturated heterocycles. The SMILES string of the molecule is Cc1ccc(NC(=O)C2=CCN(c3ncccc3C(F)(F)F)CC2)cc1F. The second-order valence-corrected chi connectivity index (χ2v) is 6.22. The molecule has 3 rings (SSSR count). The predicted octanol–water partition coefficient (Wildman–Crippen LogP) is 4.32. The Hall–Kier alpha value is -2.90. The summed E-state index contributed by atoms with van der Waals surface area (Å²) >= 11 is 0. The summed E-state index contributed by atoms with van der Waals surface area (Å²) in [7, 11) is 0. The smallest absolute Gasteiger partial charge is 0.352 e. The fourth-order valence-electron chi connectivity index (χ4n) is 2.82. The first-order valence-corrected chi connectivity index (χ1v) is 8.29. The number of anilines is 2. The van der Waals surface area contributed by atoms with Crippen molar-refractivity contribution in [3.05, 3.63) is 65.1 Å². The molecule has 1 aliphatic rings. The van der Waals surface area contributed by atoms with Crippen molar-refractivity contribution in [1.82, 2.24) is 4.98 Å². The number of pyridine rings is 1. The van der Waals surface area contributed by atoms with Gasteiger partial charge in [0.1, 0.15) is 11.6 Å². The summed E-state index contributed by atoms with van der Waals surface area (Å²) in [5.74, 6) is -0.970. The average Bonchev–Trinajstić information content (AvgIpc) is 2.64. The van der Waals surface area contributed by atoms with Crippen molar-refractivity contribution in [1.29, 1.82) is 0 Å². The van der Waals surface area contributed by atoms with Crippen molar-refractivity contribution in [3.63, 3.8) is 0 Å². The highest BCUT2D eigenvalue weighted by molar-refractivity contribution is 6.04. The van der Waals surface area contributed by atoms with Crippen LogP contribution in [0.25, 0.3) is 0 Å². The summed E-state index contributed by atoms with van der Waals surface area (Å²) < 4.78 is 53.0. The van der Waals surface area contributed by atoms with Crippen LogP contribution in [-0.2, 0) is 11.0 Å². The summed E-state index contributed by atoms with van der Waals surface area (Å²) in [6, 6.07) is 6.61. The summed E-state index contributed by atoms with van der Waals surface area (Å²) in [5.41, 5.74) is 0.435. The summed E-state index contributed by atoms with van der Waals surface area (Å²) in [5, 5.41) is 2.61. The largest absolute Gasteiger partial charge is 0.419 e. The van der Waals surface area contributed by atoms with E-state index in [2.05, 4.69) is 10.3 Å². The number of benzene rings is 1. The third-order valence-corrected chi connectivity index (χ3v) is 4.32.